The van der Waals surface area contributed by atoms with E-state index in [4.69, 9.17) is 5.11 Å². The van der Waals surface area contributed by atoms with Crippen LogP contribution in [0.25, 0.3) is 0 Å². The largest absolute Gasteiger partial charge is 0.508 e. The van der Waals surface area contributed by atoms with Crippen LogP contribution in [0.5, 0.6) is 5.75 Å². The second-order valence-corrected chi connectivity index (χ2v) is 4.85. The molecule has 1 amide bonds. The van der Waals surface area contributed by atoms with Gasteiger partial charge in [-0.15, -0.1) is 0 Å². The Balaban J connectivity index is 1.94. The van der Waals surface area contributed by atoms with Crippen LogP contribution in [0, 0.1) is 5.92 Å². The fourth-order valence-electron chi connectivity index (χ4n) is 2.00. The first-order chi connectivity index (χ1) is 8.69. The Morgan fingerprint density at radius 3 is 2.78 bits per heavy atom. The molecule has 1 saturated carbocycles. The standard InChI is InChI=1S/C14H19NO3/c16-7-6-15(10-11-4-5-11)14(18)9-12-2-1-3-13(17)8-12/h1-3,8,11,16-17H,4-7,9-10H2. The average Bonchev–Trinajstić information content (AvgIpc) is 3.12. The van der Waals surface area contributed by atoms with Crippen molar-refractivity contribution >= 4 is 5.91 Å². The Kier molecular flexibility index (Phi) is 4.20. The molecule has 0 radical (unpaired) electrons. The molecule has 0 saturated heterocycles. The van der Waals surface area contributed by atoms with Gasteiger partial charge in [0.1, 0.15) is 5.75 Å². The number of carbonyl (C=O) groups is 1. The summed E-state index contributed by atoms with van der Waals surface area (Å²) in [5, 5.41) is 18.4. The van der Waals surface area contributed by atoms with Crippen molar-refractivity contribution in [1.29, 1.82) is 0 Å². The molecule has 1 aromatic rings. The monoisotopic (exact) mass is 249 g/mol. The quantitative estimate of drug-likeness (QED) is 0.795. The number of aromatic hydroxyl groups is 1. The molecule has 0 aliphatic heterocycles. The molecule has 1 aliphatic carbocycles. The maximum absolute atomic E-state index is 12.1. The van der Waals surface area contributed by atoms with Gasteiger partial charge >= 0.3 is 0 Å². The highest BCUT2D eigenvalue weighted by Gasteiger charge is 2.26. The van der Waals surface area contributed by atoms with Crippen molar-refractivity contribution in [1.82, 2.24) is 4.90 Å². The number of aliphatic hydroxyl groups excluding tert-OH is 1. The molecule has 1 fully saturated rings. The van der Waals surface area contributed by atoms with Crippen LogP contribution in [0.4, 0.5) is 0 Å². The molecule has 0 unspecified atom stereocenters. The third-order valence-electron chi connectivity index (χ3n) is 3.16. The normalized spacial score (nSPS) is 14.5. The Hall–Kier alpha value is -1.55. The Morgan fingerprint density at radius 1 is 1.39 bits per heavy atom. The first kappa shape index (κ1) is 12.9. The lowest BCUT2D eigenvalue weighted by Gasteiger charge is -2.21. The van der Waals surface area contributed by atoms with Gasteiger partial charge in [0.15, 0.2) is 0 Å². The van der Waals surface area contributed by atoms with Crippen LogP contribution in [0.2, 0.25) is 0 Å². The summed E-state index contributed by atoms with van der Waals surface area (Å²) in [7, 11) is 0. The van der Waals surface area contributed by atoms with Crippen LogP contribution in [-0.2, 0) is 11.2 Å². The molecular weight excluding hydrogens is 230 g/mol. The highest BCUT2D eigenvalue weighted by Crippen LogP contribution is 2.29. The van der Waals surface area contributed by atoms with Gasteiger partial charge in [0.05, 0.1) is 13.0 Å². The van der Waals surface area contributed by atoms with Gasteiger partial charge < -0.3 is 15.1 Å². The van der Waals surface area contributed by atoms with E-state index in [1.165, 1.54) is 12.8 Å². The van der Waals surface area contributed by atoms with Crippen molar-refractivity contribution in [2.24, 2.45) is 5.92 Å². The summed E-state index contributed by atoms with van der Waals surface area (Å²) in [6.07, 6.45) is 2.64. The molecule has 4 heteroatoms. The summed E-state index contributed by atoms with van der Waals surface area (Å²) in [4.78, 5) is 13.8. The van der Waals surface area contributed by atoms with Gasteiger partial charge in [-0.3, -0.25) is 4.79 Å². The van der Waals surface area contributed by atoms with Gasteiger partial charge in [-0.1, -0.05) is 12.1 Å². The van der Waals surface area contributed by atoms with E-state index in [1.54, 1.807) is 23.1 Å². The predicted octanol–water partition coefficient (Wildman–Crippen LogP) is 1.17. The maximum atomic E-state index is 12.1. The van der Waals surface area contributed by atoms with Crippen LogP contribution in [0.1, 0.15) is 18.4 Å². The first-order valence-corrected chi connectivity index (χ1v) is 6.35. The number of nitrogens with zero attached hydrogens (tertiary/aromatic N) is 1. The molecular formula is C14H19NO3. The van der Waals surface area contributed by atoms with Crippen LogP contribution in [0.15, 0.2) is 24.3 Å². The molecule has 18 heavy (non-hydrogen) atoms. The number of benzene rings is 1. The Bertz CT molecular complexity index is 415. The van der Waals surface area contributed by atoms with Crippen molar-refractivity contribution in [3.8, 4) is 5.75 Å². The minimum absolute atomic E-state index is 0.00149. The van der Waals surface area contributed by atoms with E-state index < -0.39 is 0 Å². The summed E-state index contributed by atoms with van der Waals surface area (Å²) in [6.45, 7) is 1.14. The van der Waals surface area contributed by atoms with Gasteiger partial charge in [0, 0.05) is 13.1 Å². The zero-order chi connectivity index (χ0) is 13.0. The molecule has 2 N–H and O–H groups in total. The predicted molar refractivity (Wildman–Crippen MR) is 68.2 cm³/mol. The molecule has 0 aromatic heterocycles. The number of carbonyl (C=O) groups excluding carboxylic acids is 1. The average molecular weight is 249 g/mol. The highest BCUT2D eigenvalue weighted by molar-refractivity contribution is 5.79. The first-order valence-electron chi connectivity index (χ1n) is 6.35. The van der Waals surface area contributed by atoms with Crippen LogP contribution in [0.3, 0.4) is 0 Å². The number of hydrogen-bond donors (Lipinski definition) is 2. The summed E-state index contributed by atoms with van der Waals surface area (Å²) in [6, 6.07) is 6.75. The van der Waals surface area contributed by atoms with E-state index >= 15 is 0 Å². The number of amides is 1. The third kappa shape index (κ3) is 3.74. The van der Waals surface area contributed by atoms with E-state index in [-0.39, 0.29) is 24.7 Å². The molecule has 1 aliphatic rings. The second kappa shape index (κ2) is 5.87. The van der Waals surface area contributed by atoms with Crippen LogP contribution in [-0.4, -0.2) is 40.7 Å². The van der Waals surface area contributed by atoms with Gasteiger partial charge in [0.2, 0.25) is 5.91 Å². The number of hydrogen-bond acceptors (Lipinski definition) is 3. The zero-order valence-corrected chi connectivity index (χ0v) is 10.4. The summed E-state index contributed by atoms with van der Waals surface area (Å²) < 4.78 is 0. The van der Waals surface area contributed by atoms with Gasteiger partial charge in [-0.05, 0) is 36.5 Å². The van der Waals surface area contributed by atoms with Crippen molar-refractivity contribution in [2.75, 3.05) is 19.7 Å². The van der Waals surface area contributed by atoms with E-state index in [2.05, 4.69) is 0 Å². The van der Waals surface area contributed by atoms with Crippen molar-refractivity contribution in [3.05, 3.63) is 29.8 Å². The fourth-order valence-corrected chi connectivity index (χ4v) is 2.00. The minimum Gasteiger partial charge on any atom is -0.508 e. The van der Waals surface area contributed by atoms with Crippen molar-refractivity contribution in [3.63, 3.8) is 0 Å². The van der Waals surface area contributed by atoms with Crippen molar-refractivity contribution in [2.45, 2.75) is 19.3 Å². The smallest absolute Gasteiger partial charge is 0.227 e. The molecule has 98 valence electrons. The Morgan fingerprint density at radius 2 is 2.17 bits per heavy atom. The lowest BCUT2D eigenvalue weighted by molar-refractivity contribution is -0.131. The third-order valence-corrected chi connectivity index (χ3v) is 3.16. The summed E-state index contributed by atoms with van der Waals surface area (Å²) >= 11 is 0. The van der Waals surface area contributed by atoms with Gasteiger partial charge in [-0.25, -0.2) is 0 Å². The number of aliphatic hydroxyl groups is 1. The number of phenolic OH excluding ortho intramolecular Hbond substituents is 1. The molecule has 2 rings (SSSR count). The lowest BCUT2D eigenvalue weighted by Crippen LogP contribution is -2.36. The molecule has 0 bridgehead atoms. The summed E-state index contributed by atoms with van der Waals surface area (Å²) in [5.74, 6) is 0.808. The molecule has 0 spiro atoms. The SMILES string of the molecule is O=C(Cc1cccc(O)c1)N(CCO)CC1CC1. The molecule has 0 atom stereocenters. The minimum atomic E-state index is -0.00149. The van der Waals surface area contributed by atoms with E-state index in [0.717, 1.165) is 12.1 Å². The highest BCUT2D eigenvalue weighted by atomic mass is 16.3. The molecule has 4 nitrogen and oxygen atoms in total. The second-order valence-electron chi connectivity index (χ2n) is 4.85. The van der Waals surface area contributed by atoms with E-state index in [1.807, 2.05) is 6.07 Å². The maximum Gasteiger partial charge on any atom is 0.227 e. The number of rotatable bonds is 6. The van der Waals surface area contributed by atoms with Gasteiger partial charge in [-0.2, -0.15) is 0 Å². The van der Waals surface area contributed by atoms with Crippen LogP contribution < -0.4 is 0 Å². The lowest BCUT2D eigenvalue weighted by atomic mass is 10.1. The van der Waals surface area contributed by atoms with E-state index in [0.29, 0.717) is 12.5 Å². The topological polar surface area (TPSA) is 60.8 Å². The molecule has 1 aromatic carbocycles. The zero-order valence-electron chi connectivity index (χ0n) is 10.4. The van der Waals surface area contributed by atoms with Gasteiger partial charge in [0.25, 0.3) is 0 Å². The molecule has 0 heterocycles. The Labute approximate surface area is 107 Å². The fraction of sp³-hybridized carbons (Fsp3) is 0.500. The summed E-state index contributed by atoms with van der Waals surface area (Å²) in [5.41, 5.74) is 0.804. The van der Waals surface area contributed by atoms with Crippen LogP contribution >= 0.6 is 0 Å². The van der Waals surface area contributed by atoms with Crippen molar-refractivity contribution < 1.29 is 15.0 Å². The number of phenols is 1. The van der Waals surface area contributed by atoms with E-state index in [9.17, 15) is 9.90 Å².